The molecule has 0 rings (SSSR count). The van der Waals surface area contributed by atoms with Gasteiger partial charge in [-0.05, 0) is 13.3 Å². The lowest BCUT2D eigenvalue weighted by molar-refractivity contribution is 0.441. The van der Waals surface area contributed by atoms with E-state index in [4.69, 9.17) is 5.73 Å². The van der Waals surface area contributed by atoms with Crippen molar-refractivity contribution in [2.45, 2.75) is 32.7 Å². The standard InChI is InChI=1S/C8H21N3O2S/c1-4-5-6-11(3)14(12,13)10-8(2)7-9/h8,10H,4-7,9H2,1-3H3/t8-/m1/s1. The maximum Gasteiger partial charge on any atom is 0.279 e. The van der Waals surface area contributed by atoms with Crippen LogP contribution in [0.1, 0.15) is 26.7 Å². The van der Waals surface area contributed by atoms with E-state index in [1.54, 1.807) is 14.0 Å². The molecule has 0 spiro atoms. The normalized spacial score (nSPS) is 14.6. The van der Waals surface area contributed by atoms with Crippen LogP contribution >= 0.6 is 0 Å². The van der Waals surface area contributed by atoms with E-state index in [-0.39, 0.29) is 6.04 Å². The first-order valence-electron chi connectivity index (χ1n) is 4.87. The van der Waals surface area contributed by atoms with Crippen LogP contribution in [0.15, 0.2) is 0 Å². The van der Waals surface area contributed by atoms with Crippen molar-refractivity contribution in [2.75, 3.05) is 20.1 Å². The maximum atomic E-state index is 11.6. The number of rotatable bonds is 7. The van der Waals surface area contributed by atoms with Gasteiger partial charge in [0.25, 0.3) is 10.2 Å². The summed E-state index contributed by atoms with van der Waals surface area (Å²) in [6.45, 7) is 4.62. The number of unbranched alkanes of at least 4 members (excludes halogenated alkanes) is 1. The highest BCUT2D eigenvalue weighted by Crippen LogP contribution is 1.98. The first kappa shape index (κ1) is 13.8. The van der Waals surface area contributed by atoms with Crippen molar-refractivity contribution in [3.8, 4) is 0 Å². The molecule has 0 fully saturated rings. The highest BCUT2D eigenvalue weighted by molar-refractivity contribution is 7.87. The molecule has 0 aromatic heterocycles. The molecule has 0 heterocycles. The molecule has 0 amide bonds. The van der Waals surface area contributed by atoms with Crippen molar-refractivity contribution in [3.63, 3.8) is 0 Å². The van der Waals surface area contributed by atoms with E-state index in [1.165, 1.54) is 4.31 Å². The van der Waals surface area contributed by atoms with Crippen LogP contribution in [0.25, 0.3) is 0 Å². The Labute approximate surface area is 86.8 Å². The Morgan fingerprint density at radius 3 is 2.50 bits per heavy atom. The molecule has 5 nitrogen and oxygen atoms in total. The molecule has 3 N–H and O–H groups in total. The third-order valence-corrected chi connectivity index (χ3v) is 3.64. The summed E-state index contributed by atoms with van der Waals surface area (Å²) in [5.41, 5.74) is 5.33. The van der Waals surface area contributed by atoms with E-state index in [9.17, 15) is 8.42 Å². The Kier molecular flexibility index (Phi) is 6.26. The fourth-order valence-corrected chi connectivity index (χ4v) is 2.05. The molecule has 0 bridgehead atoms. The number of hydrogen-bond acceptors (Lipinski definition) is 3. The smallest absolute Gasteiger partial charge is 0.279 e. The molecular formula is C8H21N3O2S. The maximum absolute atomic E-state index is 11.6. The Morgan fingerprint density at radius 1 is 1.50 bits per heavy atom. The molecule has 0 aliphatic heterocycles. The molecule has 14 heavy (non-hydrogen) atoms. The van der Waals surface area contributed by atoms with Gasteiger partial charge in [-0.2, -0.15) is 17.4 Å². The highest BCUT2D eigenvalue weighted by Gasteiger charge is 2.18. The molecule has 0 saturated carbocycles. The zero-order chi connectivity index (χ0) is 11.2. The van der Waals surface area contributed by atoms with Gasteiger partial charge in [-0.25, -0.2) is 0 Å². The lowest BCUT2D eigenvalue weighted by atomic mass is 10.3. The fourth-order valence-electron chi connectivity index (χ4n) is 0.893. The molecule has 0 saturated heterocycles. The van der Waals surface area contributed by atoms with Gasteiger partial charge in [-0.1, -0.05) is 13.3 Å². The molecule has 0 radical (unpaired) electrons. The number of nitrogens with two attached hydrogens (primary N) is 1. The van der Waals surface area contributed by atoms with E-state index in [1.807, 2.05) is 6.92 Å². The predicted molar refractivity (Wildman–Crippen MR) is 58.1 cm³/mol. The summed E-state index contributed by atoms with van der Waals surface area (Å²) in [5, 5.41) is 0. The van der Waals surface area contributed by atoms with Crippen molar-refractivity contribution in [1.29, 1.82) is 0 Å². The summed E-state index contributed by atoms with van der Waals surface area (Å²) in [4.78, 5) is 0. The van der Waals surface area contributed by atoms with Gasteiger partial charge in [0, 0.05) is 26.2 Å². The van der Waals surface area contributed by atoms with Gasteiger partial charge in [0.05, 0.1) is 0 Å². The molecule has 0 aromatic carbocycles. The Balaban J connectivity index is 4.17. The number of nitrogens with one attached hydrogen (secondary N) is 1. The predicted octanol–water partition coefficient (Wildman–Crippen LogP) is -0.100. The lowest BCUT2D eigenvalue weighted by Gasteiger charge is -2.19. The molecular weight excluding hydrogens is 202 g/mol. The van der Waals surface area contributed by atoms with E-state index in [0.29, 0.717) is 13.1 Å². The lowest BCUT2D eigenvalue weighted by Crippen LogP contribution is -2.45. The summed E-state index contributed by atoms with van der Waals surface area (Å²) in [7, 11) is -1.77. The SMILES string of the molecule is CCCCN(C)S(=O)(=O)N[C@H](C)CN. The molecule has 6 heteroatoms. The van der Waals surface area contributed by atoms with Crippen molar-refractivity contribution in [3.05, 3.63) is 0 Å². The Hall–Kier alpha value is -0.170. The van der Waals surface area contributed by atoms with Crippen LogP contribution in [0.4, 0.5) is 0 Å². The minimum Gasteiger partial charge on any atom is -0.329 e. The van der Waals surface area contributed by atoms with Crippen LogP contribution in [-0.2, 0) is 10.2 Å². The van der Waals surface area contributed by atoms with Crippen molar-refractivity contribution in [2.24, 2.45) is 5.73 Å². The quantitative estimate of drug-likeness (QED) is 0.633. The third kappa shape index (κ3) is 4.90. The van der Waals surface area contributed by atoms with Gasteiger partial charge in [-0.3, -0.25) is 0 Å². The largest absolute Gasteiger partial charge is 0.329 e. The van der Waals surface area contributed by atoms with Crippen LogP contribution in [0.5, 0.6) is 0 Å². The molecule has 0 aliphatic rings. The number of nitrogens with zero attached hydrogens (tertiary/aromatic N) is 1. The molecule has 0 aromatic rings. The van der Waals surface area contributed by atoms with Crippen molar-refractivity contribution < 1.29 is 8.42 Å². The Bertz CT molecular complexity index is 241. The average Bonchev–Trinajstić information content (AvgIpc) is 2.13. The first-order chi connectivity index (χ1) is 6.44. The minimum atomic E-state index is -3.34. The summed E-state index contributed by atoms with van der Waals surface area (Å²) >= 11 is 0. The molecule has 0 aliphatic carbocycles. The van der Waals surface area contributed by atoms with E-state index in [0.717, 1.165) is 12.8 Å². The van der Waals surface area contributed by atoms with Gasteiger partial charge in [-0.15, -0.1) is 0 Å². The second-order valence-corrected chi connectivity index (χ2v) is 5.24. The molecule has 86 valence electrons. The van der Waals surface area contributed by atoms with Gasteiger partial charge < -0.3 is 5.73 Å². The average molecular weight is 223 g/mol. The Morgan fingerprint density at radius 2 is 2.07 bits per heavy atom. The first-order valence-corrected chi connectivity index (χ1v) is 6.31. The second-order valence-electron chi connectivity index (χ2n) is 3.43. The van der Waals surface area contributed by atoms with E-state index in [2.05, 4.69) is 4.72 Å². The second kappa shape index (κ2) is 6.34. The summed E-state index contributed by atoms with van der Waals surface area (Å²) in [6, 6.07) is -0.218. The van der Waals surface area contributed by atoms with Crippen LogP contribution in [0.2, 0.25) is 0 Å². The molecule has 0 unspecified atom stereocenters. The zero-order valence-electron chi connectivity index (χ0n) is 9.16. The minimum absolute atomic E-state index is 0.218. The third-order valence-electron chi connectivity index (χ3n) is 1.94. The summed E-state index contributed by atoms with van der Waals surface area (Å²) in [5.74, 6) is 0. The topological polar surface area (TPSA) is 75.4 Å². The number of hydrogen-bond donors (Lipinski definition) is 2. The van der Waals surface area contributed by atoms with Crippen molar-refractivity contribution >= 4 is 10.2 Å². The van der Waals surface area contributed by atoms with Gasteiger partial charge in [0.15, 0.2) is 0 Å². The van der Waals surface area contributed by atoms with Gasteiger partial charge >= 0.3 is 0 Å². The summed E-state index contributed by atoms with van der Waals surface area (Å²) < 4.78 is 26.9. The van der Waals surface area contributed by atoms with Gasteiger partial charge in [0.2, 0.25) is 0 Å². The van der Waals surface area contributed by atoms with Crippen LogP contribution < -0.4 is 10.5 Å². The van der Waals surface area contributed by atoms with E-state index >= 15 is 0 Å². The highest BCUT2D eigenvalue weighted by atomic mass is 32.2. The monoisotopic (exact) mass is 223 g/mol. The van der Waals surface area contributed by atoms with E-state index < -0.39 is 10.2 Å². The van der Waals surface area contributed by atoms with Crippen molar-refractivity contribution in [1.82, 2.24) is 9.03 Å². The fraction of sp³-hybridized carbons (Fsp3) is 1.00. The summed E-state index contributed by atoms with van der Waals surface area (Å²) in [6.07, 6.45) is 1.85. The van der Waals surface area contributed by atoms with Crippen LogP contribution in [-0.4, -0.2) is 38.9 Å². The zero-order valence-corrected chi connectivity index (χ0v) is 9.97. The van der Waals surface area contributed by atoms with Crippen LogP contribution in [0, 0.1) is 0 Å². The molecule has 1 atom stereocenters. The van der Waals surface area contributed by atoms with Crippen LogP contribution in [0.3, 0.4) is 0 Å². The van der Waals surface area contributed by atoms with Gasteiger partial charge in [0.1, 0.15) is 0 Å².